The van der Waals surface area contributed by atoms with E-state index in [1.165, 1.54) is 0 Å². The molecule has 1 aliphatic rings. The summed E-state index contributed by atoms with van der Waals surface area (Å²) in [6, 6.07) is 0. The molecule has 3 heteroatoms. The maximum atomic E-state index is 3.86. The Bertz CT molecular complexity index is 280. The summed E-state index contributed by atoms with van der Waals surface area (Å²) < 4.78 is 0. The van der Waals surface area contributed by atoms with Crippen molar-refractivity contribution >= 4 is 12.2 Å². The molecule has 0 fully saturated rings. The molecule has 1 aromatic rings. The molecule has 0 aromatic carbocycles. The molecule has 2 rings (SSSR count). The Morgan fingerprint density at radius 1 is 1.27 bits per heavy atom. The molecule has 0 saturated heterocycles. The van der Waals surface area contributed by atoms with Crippen LogP contribution in [0.4, 0.5) is 0 Å². The van der Waals surface area contributed by atoms with Gasteiger partial charge in [-0.3, -0.25) is 5.10 Å². The second kappa shape index (κ2) is 3.91. The van der Waals surface area contributed by atoms with E-state index < -0.39 is 0 Å². The fourth-order valence-corrected chi connectivity index (χ4v) is 0.993. The average molecular weight is 151 g/mol. The molecular weight excluding hydrogens is 138 g/mol. The summed E-state index contributed by atoms with van der Waals surface area (Å²) in [6.07, 6.45) is 6.42. The van der Waals surface area contributed by atoms with E-state index >= 15 is 0 Å². The van der Waals surface area contributed by atoms with Crippen LogP contribution in [0.5, 0.6) is 0 Å². The quantitative estimate of drug-likeness (QED) is 0.575. The zero-order valence-electron chi connectivity index (χ0n) is 6.96. The average Bonchev–Trinajstić information content (AvgIpc) is 2.55. The van der Waals surface area contributed by atoms with Crippen molar-refractivity contribution in [3.8, 4) is 0 Å². The first-order chi connectivity index (χ1) is 5.47. The van der Waals surface area contributed by atoms with Gasteiger partial charge in [0.15, 0.2) is 0 Å². The predicted octanol–water partition coefficient (Wildman–Crippen LogP) is 0.186. The number of fused-ring (bicyclic) bond motifs is 1. The number of nitrogens with one attached hydrogen (secondary N) is 1. The first-order valence-electron chi connectivity index (χ1n) is 4.04. The lowest BCUT2D eigenvalue weighted by Crippen LogP contribution is -2.26. The van der Waals surface area contributed by atoms with E-state index in [4.69, 9.17) is 0 Å². The summed E-state index contributed by atoms with van der Waals surface area (Å²) in [7, 11) is 0. The number of aromatic nitrogens is 3. The largest absolute Gasteiger partial charge is 0.258 e. The van der Waals surface area contributed by atoms with Crippen molar-refractivity contribution in [2.45, 2.75) is 26.7 Å². The van der Waals surface area contributed by atoms with E-state index in [-0.39, 0.29) is 0 Å². The van der Waals surface area contributed by atoms with E-state index in [0.717, 1.165) is 23.5 Å². The minimum Gasteiger partial charge on any atom is -0.258 e. The minimum absolute atomic E-state index is 1.00. The van der Waals surface area contributed by atoms with Crippen LogP contribution in [0.2, 0.25) is 0 Å². The summed E-state index contributed by atoms with van der Waals surface area (Å²) >= 11 is 0. The second-order valence-corrected chi connectivity index (χ2v) is 2.10. The Balaban J connectivity index is 0.000000281. The van der Waals surface area contributed by atoms with Crippen LogP contribution in [-0.2, 0) is 0 Å². The van der Waals surface area contributed by atoms with Crippen molar-refractivity contribution in [1.82, 2.24) is 15.4 Å². The minimum atomic E-state index is 1.00. The second-order valence-electron chi connectivity index (χ2n) is 2.10. The van der Waals surface area contributed by atoms with Crippen LogP contribution >= 0.6 is 0 Å². The third-order valence-electron chi connectivity index (χ3n) is 1.46. The molecule has 60 valence electrons. The topological polar surface area (TPSA) is 41.6 Å². The van der Waals surface area contributed by atoms with Gasteiger partial charge in [0.25, 0.3) is 0 Å². The van der Waals surface area contributed by atoms with E-state index in [1.54, 1.807) is 0 Å². The lowest BCUT2D eigenvalue weighted by Gasteiger charge is -1.88. The van der Waals surface area contributed by atoms with Crippen LogP contribution in [0.3, 0.4) is 0 Å². The highest BCUT2D eigenvalue weighted by molar-refractivity contribution is 5.31. The number of nitrogens with zero attached hydrogens (tertiary/aromatic N) is 2. The lowest BCUT2D eigenvalue weighted by molar-refractivity contribution is 0.925. The maximum Gasteiger partial charge on any atom is 0.108 e. The van der Waals surface area contributed by atoms with Crippen molar-refractivity contribution in [3.05, 3.63) is 10.7 Å². The standard InChI is InChI=1S/C6H7N3.C2H6/c1-2-4-6-5(3-1)7-9-8-6;1-2/h3-4H,1-2H2,(H,7,8);1-2H3. The van der Waals surface area contributed by atoms with E-state index in [1.807, 2.05) is 13.8 Å². The molecule has 0 saturated carbocycles. The van der Waals surface area contributed by atoms with Crippen molar-refractivity contribution in [1.29, 1.82) is 0 Å². The van der Waals surface area contributed by atoms with Crippen molar-refractivity contribution in [2.24, 2.45) is 0 Å². The summed E-state index contributed by atoms with van der Waals surface area (Å²) in [6.45, 7) is 4.00. The molecule has 0 spiro atoms. The third kappa shape index (κ3) is 1.67. The molecule has 0 bridgehead atoms. The molecule has 11 heavy (non-hydrogen) atoms. The molecule has 0 atom stereocenters. The first kappa shape index (κ1) is 7.98. The van der Waals surface area contributed by atoms with Gasteiger partial charge in [0.1, 0.15) is 5.35 Å². The number of hydrogen-bond donors (Lipinski definition) is 1. The third-order valence-corrected chi connectivity index (χ3v) is 1.46. The number of rotatable bonds is 0. The number of H-pyrrole nitrogens is 1. The summed E-state index contributed by atoms with van der Waals surface area (Å²) in [5, 5.41) is 12.4. The molecule has 0 aliphatic heterocycles. The van der Waals surface area contributed by atoms with Gasteiger partial charge < -0.3 is 0 Å². The molecule has 1 heterocycles. The Morgan fingerprint density at radius 3 is 2.73 bits per heavy atom. The Hall–Kier alpha value is -1.12. The predicted molar refractivity (Wildman–Crippen MR) is 45.1 cm³/mol. The van der Waals surface area contributed by atoms with Crippen LogP contribution in [0.15, 0.2) is 0 Å². The monoisotopic (exact) mass is 151 g/mol. The Labute approximate surface area is 65.8 Å². The van der Waals surface area contributed by atoms with Gasteiger partial charge in [-0.2, -0.15) is 0 Å². The van der Waals surface area contributed by atoms with Crippen LogP contribution in [0, 0.1) is 0 Å². The smallest absolute Gasteiger partial charge is 0.108 e. The van der Waals surface area contributed by atoms with E-state index in [9.17, 15) is 0 Å². The fourth-order valence-electron chi connectivity index (χ4n) is 0.993. The van der Waals surface area contributed by atoms with Gasteiger partial charge in [0.2, 0.25) is 0 Å². The molecule has 1 aliphatic carbocycles. The fraction of sp³-hybridized carbons (Fsp3) is 0.500. The summed E-state index contributed by atoms with van der Waals surface area (Å²) in [5.41, 5.74) is 0. The SMILES string of the molecule is C1=c2nn[nH]c2=CCC1.CC. The van der Waals surface area contributed by atoms with Crippen molar-refractivity contribution in [3.63, 3.8) is 0 Å². The van der Waals surface area contributed by atoms with Crippen molar-refractivity contribution < 1.29 is 0 Å². The van der Waals surface area contributed by atoms with Gasteiger partial charge in [0.05, 0.1) is 5.35 Å². The highest BCUT2D eigenvalue weighted by atomic mass is 15.3. The van der Waals surface area contributed by atoms with Crippen LogP contribution in [-0.4, -0.2) is 15.4 Å². The van der Waals surface area contributed by atoms with Crippen LogP contribution in [0.1, 0.15) is 26.7 Å². The molecule has 0 unspecified atom stereocenters. The molecule has 1 aromatic heterocycles. The zero-order valence-corrected chi connectivity index (χ0v) is 6.96. The molecule has 1 N–H and O–H groups in total. The van der Waals surface area contributed by atoms with Crippen LogP contribution < -0.4 is 10.7 Å². The van der Waals surface area contributed by atoms with E-state index in [2.05, 4.69) is 27.6 Å². The molecular formula is C8H13N3. The lowest BCUT2D eigenvalue weighted by atomic mass is 10.2. The van der Waals surface area contributed by atoms with E-state index in [0.29, 0.717) is 0 Å². The summed E-state index contributed by atoms with van der Waals surface area (Å²) in [5.74, 6) is 0. The maximum absolute atomic E-state index is 3.86. The number of aromatic amines is 1. The Morgan fingerprint density at radius 2 is 2.00 bits per heavy atom. The normalized spacial score (nSPS) is 13.3. The van der Waals surface area contributed by atoms with Crippen LogP contribution in [0.25, 0.3) is 12.2 Å². The van der Waals surface area contributed by atoms with Gasteiger partial charge in [-0.15, -0.1) is 5.10 Å². The first-order valence-corrected chi connectivity index (χ1v) is 4.04. The van der Waals surface area contributed by atoms with Gasteiger partial charge in [-0.25, -0.2) is 0 Å². The van der Waals surface area contributed by atoms with Gasteiger partial charge in [-0.05, 0) is 12.8 Å². The number of hydrogen-bond acceptors (Lipinski definition) is 2. The molecule has 0 amide bonds. The van der Waals surface area contributed by atoms with Gasteiger partial charge in [-0.1, -0.05) is 31.2 Å². The highest BCUT2D eigenvalue weighted by Crippen LogP contribution is 1.91. The van der Waals surface area contributed by atoms with Crippen molar-refractivity contribution in [2.75, 3.05) is 0 Å². The summed E-state index contributed by atoms with van der Waals surface area (Å²) in [4.78, 5) is 0. The molecule has 3 nitrogen and oxygen atoms in total. The Kier molecular flexibility index (Phi) is 2.83. The zero-order chi connectivity index (χ0) is 8.10. The van der Waals surface area contributed by atoms with Gasteiger partial charge in [0, 0.05) is 0 Å². The molecule has 0 radical (unpaired) electrons. The highest BCUT2D eigenvalue weighted by Gasteiger charge is 1.92. The van der Waals surface area contributed by atoms with Gasteiger partial charge >= 0.3 is 0 Å².